The highest BCUT2D eigenvalue weighted by Gasteiger charge is 2.26. The molecule has 1 aliphatic carbocycles. The standard InChI is InChI=1S/C16H16BrNO2/c1-10-4-3-5-11(2)14(10)20-15-13(17)8-9-18(16(15)19)12-6-7-12/h3-5,8-9,12H,6-7H2,1-2H3. The molecule has 1 aromatic carbocycles. The van der Waals surface area contributed by atoms with Gasteiger partial charge >= 0.3 is 0 Å². The van der Waals surface area contributed by atoms with Gasteiger partial charge in [-0.15, -0.1) is 0 Å². The lowest BCUT2D eigenvalue weighted by Gasteiger charge is -2.14. The molecule has 3 rings (SSSR count). The summed E-state index contributed by atoms with van der Waals surface area (Å²) in [5.74, 6) is 1.13. The molecule has 1 saturated carbocycles. The van der Waals surface area contributed by atoms with Gasteiger partial charge < -0.3 is 9.30 Å². The van der Waals surface area contributed by atoms with Crippen molar-refractivity contribution in [1.29, 1.82) is 0 Å². The van der Waals surface area contributed by atoms with E-state index in [9.17, 15) is 4.79 Å². The Bertz CT molecular complexity index is 697. The molecule has 0 saturated heterocycles. The monoisotopic (exact) mass is 333 g/mol. The van der Waals surface area contributed by atoms with Gasteiger partial charge in [-0.05, 0) is 59.8 Å². The van der Waals surface area contributed by atoms with Gasteiger partial charge in [0.1, 0.15) is 5.75 Å². The van der Waals surface area contributed by atoms with Gasteiger partial charge in [0.15, 0.2) is 0 Å². The highest BCUT2D eigenvalue weighted by Crippen LogP contribution is 2.36. The Labute approximate surface area is 126 Å². The second kappa shape index (κ2) is 5.09. The molecule has 20 heavy (non-hydrogen) atoms. The van der Waals surface area contributed by atoms with Crippen molar-refractivity contribution in [3.8, 4) is 11.5 Å². The Balaban J connectivity index is 2.06. The molecule has 0 radical (unpaired) electrons. The summed E-state index contributed by atoms with van der Waals surface area (Å²) < 4.78 is 8.41. The number of nitrogens with zero attached hydrogens (tertiary/aromatic N) is 1. The fourth-order valence-electron chi connectivity index (χ4n) is 2.30. The number of hydrogen-bond acceptors (Lipinski definition) is 2. The molecule has 0 atom stereocenters. The first-order chi connectivity index (χ1) is 9.58. The molecule has 0 bridgehead atoms. The van der Waals surface area contributed by atoms with Crippen LogP contribution in [0.25, 0.3) is 0 Å². The Morgan fingerprint density at radius 3 is 2.40 bits per heavy atom. The third-order valence-corrected chi connectivity index (χ3v) is 4.20. The van der Waals surface area contributed by atoms with E-state index in [0.29, 0.717) is 16.3 Å². The summed E-state index contributed by atoms with van der Waals surface area (Å²) in [7, 11) is 0. The first-order valence-corrected chi connectivity index (χ1v) is 7.52. The summed E-state index contributed by atoms with van der Waals surface area (Å²) in [6.45, 7) is 3.97. The van der Waals surface area contributed by atoms with E-state index in [1.165, 1.54) is 0 Å². The van der Waals surface area contributed by atoms with Gasteiger partial charge in [0.25, 0.3) is 5.56 Å². The number of halogens is 1. The number of ether oxygens (including phenoxy) is 1. The van der Waals surface area contributed by atoms with Gasteiger partial charge in [0, 0.05) is 12.2 Å². The smallest absolute Gasteiger partial charge is 0.294 e. The molecule has 1 heterocycles. The molecule has 4 heteroatoms. The Kier molecular flexibility index (Phi) is 3.42. The van der Waals surface area contributed by atoms with Gasteiger partial charge in [-0.3, -0.25) is 4.79 Å². The third kappa shape index (κ3) is 2.40. The number of hydrogen-bond donors (Lipinski definition) is 0. The Hall–Kier alpha value is -1.55. The summed E-state index contributed by atoms with van der Waals surface area (Å²) in [5.41, 5.74) is 1.99. The van der Waals surface area contributed by atoms with Crippen molar-refractivity contribution in [3.63, 3.8) is 0 Å². The van der Waals surface area contributed by atoms with Crippen LogP contribution in [0.3, 0.4) is 0 Å². The number of rotatable bonds is 3. The first-order valence-electron chi connectivity index (χ1n) is 6.72. The van der Waals surface area contributed by atoms with E-state index in [4.69, 9.17) is 4.74 Å². The Morgan fingerprint density at radius 1 is 1.15 bits per heavy atom. The summed E-state index contributed by atoms with van der Waals surface area (Å²) in [6.07, 6.45) is 3.98. The van der Waals surface area contributed by atoms with Gasteiger partial charge in [0.05, 0.1) is 4.47 Å². The zero-order chi connectivity index (χ0) is 14.3. The molecule has 0 N–H and O–H groups in total. The Morgan fingerprint density at radius 2 is 1.80 bits per heavy atom. The van der Waals surface area contributed by atoms with Crippen molar-refractivity contribution in [1.82, 2.24) is 4.57 Å². The van der Waals surface area contributed by atoms with Crippen LogP contribution < -0.4 is 10.3 Å². The fourth-order valence-corrected chi connectivity index (χ4v) is 2.67. The van der Waals surface area contributed by atoms with E-state index < -0.39 is 0 Å². The summed E-state index contributed by atoms with van der Waals surface area (Å²) >= 11 is 3.42. The molecule has 0 amide bonds. The van der Waals surface area contributed by atoms with Gasteiger partial charge in [0.2, 0.25) is 5.75 Å². The second-order valence-corrected chi connectivity index (χ2v) is 6.11. The van der Waals surface area contributed by atoms with Gasteiger partial charge in [-0.2, -0.15) is 0 Å². The SMILES string of the molecule is Cc1cccc(C)c1Oc1c(Br)ccn(C2CC2)c1=O. The summed E-state index contributed by atoms with van der Waals surface area (Å²) in [5, 5.41) is 0. The maximum Gasteiger partial charge on any atom is 0.294 e. The highest BCUT2D eigenvalue weighted by atomic mass is 79.9. The van der Waals surface area contributed by atoms with Gasteiger partial charge in [-0.1, -0.05) is 18.2 Å². The van der Waals surface area contributed by atoms with Crippen molar-refractivity contribution in [2.45, 2.75) is 32.7 Å². The zero-order valence-electron chi connectivity index (χ0n) is 11.5. The van der Waals surface area contributed by atoms with Crippen LogP contribution in [0.15, 0.2) is 39.7 Å². The van der Waals surface area contributed by atoms with Crippen molar-refractivity contribution >= 4 is 15.9 Å². The zero-order valence-corrected chi connectivity index (χ0v) is 13.1. The van der Waals surface area contributed by atoms with E-state index in [1.54, 1.807) is 4.57 Å². The molecule has 2 aromatic rings. The molecule has 1 fully saturated rings. The molecule has 104 valence electrons. The number of para-hydroxylation sites is 1. The first kappa shape index (κ1) is 13.4. The molecular formula is C16H16BrNO2. The van der Waals surface area contributed by atoms with E-state index in [0.717, 1.165) is 29.7 Å². The van der Waals surface area contributed by atoms with E-state index in [-0.39, 0.29) is 5.56 Å². The largest absolute Gasteiger partial charge is 0.450 e. The summed E-state index contributed by atoms with van der Waals surface area (Å²) in [6, 6.07) is 8.18. The average Bonchev–Trinajstić information content (AvgIpc) is 3.22. The minimum Gasteiger partial charge on any atom is -0.450 e. The quantitative estimate of drug-likeness (QED) is 0.835. The summed E-state index contributed by atoms with van der Waals surface area (Å²) in [4.78, 5) is 12.5. The molecule has 0 spiro atoms. The van der Waals surface area contributed by atoms with Crippen molar-refractivity contribution in [2.75, 3.05) is 0 Å². The molecule has 3 nitrogen and oxygen atoms in total. The van der Waals surface area contributed by atoms with E-state index in [1.807, 2.05) is 44.3 Å². The minimum atomic E-state index is -0.0653. The van der Waals surface area contributed by atoms with E-state index in [2.05, 4.69) is 15.9 Å². The normalized spacial score (nSPS) is 14.3. The maximum absolute atomic E-state index is 12.5. The number of benzene rings is 1. The van der Waals surface area contributed by atoms with Crippen LogP contribution in [0.1, 0.15) is 30.0 Å². The third-order valence-electron chi connectivity index (χ3n) is 3.58. The molecule has 0 unspecified atom stereocenters. The van der Waals surface area contributed by atoms with Crippen LogP contribution in [0.2, 0.25) is 0 Å². The lowest BCUT2D eigenvalue weighted by atomic mass is 10.1. The van der Waals surface area contributed by atoms with Crippen molar-refractivity contribution in [3.05, 3.63) is 56.4 Å². The predicted octanol–water partition coefficient (Wildman–Crippen LogP) is 4.35. The lowest BCUT2D eigenvalue weighted by molar-refractivity contribution is 0.456. The van der Waals surface area contributed by atoms with Crippen LogP contribution >= 0.6 is 15.9 Å². The highest BCUT2D eigenvalue weighted by molar-refractivity contribution is 9.10. The van der Waals surface area contributed by atoms with E-state index >= 15 is 0 Å². The van der Waals surface area contributed by atoms with Crippen LogP contribution in [-0.4, -0.2) is 4.57 Å². The minimum absolute atomic E-state index is 0.0653. The van der Waals surface area contributed by atoms with Crippen molar-refractivity contribution < 1.29 is 4.74 Å². The predicted molar refractivity (Wildman–Crippen MR) is 82.7 cm³/mol. The maximum atomic E-state index is 12.5. The second-order valence-electron chi connectivity index (χ2n) is 5.26. The van der Waals surface area contributed by atoms with Crippen LogP contribution in [-0.2, 0) is 0 Å². The number of pyridine rings is 1. The van der Waals surface area contributed by atoms with Crippen molar-refractivity contribution in [2.24, 2.45) is 0 Å². The molecule has 0 aliphatic heterocycles. The number of aryl methyl sites for hydroxylation is 2. The average molecular weight is 334 g/mol. The molecular weight excluding hydrogens is 318 g/mol. The van der Waals surface area contributed by atoms with Crippen LogP contribution in [0.5, 0.6) is 11.5 Å². The van der Waals surface area contributed by atoms with Crippen LogP contribution in [0, 0.1) is 13.8 Å². The topological polar surface area (TPSA) is 31.2 Å². The molecule has 1 aliphatic rings. The lowest BCUT2D eigenvalue weighted by Crippen LogP contribution is -2.20. The molecule has 1 aromatic heterocycles. The van der Waals surface area contributed by atoms with Crippen LogP contribution in [0.4, 0.5) is 0 Å². The fraction of sp³-hybridized carbons (Fsp3) is 0.312. The van der Waals surface area contributed by atoms with Gasteiger partial charge in [-0.25, -0.2) is 0 Å². The number of aromatic nitrogens is 1.